The van der Waals surface area contributed by atoms with Crippen LogP contribution in [0.2, 0.25) is 0 Å². The molecule has 0 aliphatic carbocycles. The maximum atomic E-state index is 10.8. The third-order valence-electron chi connectivity index (χ3n) is 5.37. The Morgan fingerprint density at radius 2 is 1.55 bits per heavy atom. The van der Waals surface area contributed by atoms with Crippen LogP contribution in [-0.4, -0.2) is 25.3 Å². The number of hydrogen-bond acceptors (Lipinski definition) is 4. The second-order valence-electron chi connectivity index (χ2n) is 7.56. The topological polar surface area (TPSA) is 65.0 Å². The number of hydrogen-bond donors (Lipinski definition) is 1. The summed E-state index contributed by atoms with van der Waals surface area (Å²) in [4.78, 5) is 10.8. The molecule has 4 rings (SSSR count). The van der Waals surface area contributed by atoms with E-state index in [4.69, 9.17) is 19.3 Å². The number of fused-ring (bicyclic) bond motifs is 1. The first-order valence-electron chi connectivity index (χ1n) is 10.4. The van der Waals surface area contributed by atoms with Gasteiger partial charge in [-0.05, 0) is 77.5 Å². The second kappa shape index (κ2) is 9.49. The molecular formula is C28H24O5. The molecule has 0 saturated heterocycles. The van der Waals surface area contributed by atoms with Gasteiger partial charge in [0.1, 0.15) is 23.0 Å². The van der Waals surface area contributed by atoms with Crippen LogP contribution in [0.1, 0.15) is 11.1 Å². The minimum absolute atomic E-state index is 0.648. The van der Waals surface area contributed by atoms with E-state index < -0.39 is 5.97 Å². The normalized spacial score (nSPS) is 11.0. The van der Waals surface area contributed by atoms with Crippen LogP contribution in [0.4, 0.5) is 0 Å². The van der Waals surface area contributed by atoms with Crippen molar-refractivity contribution in [2.24, 2.45) is 0 Å². The molecule has 4 aromatic carbocycles. The molecule has 0 unspecified atom stereocenters. The Kier molecular flexibility index (Phi) is 6.31. The molecule has 0 atom stereocenters. The lowest BCUT2D eigenvalue weighted by Gasteiger charge is -2.18. The molecule has 0 aliphatic heterocycles. The van der Waals surface area contributed by atoms with Gasteiger partial charge in [0.05, 0.1) is 14.2 Å². The van der Waals surface area contributed by atoms with Gasteiger partial charge in [-0.3, -0.25) is 0 Å². The summed E-state index contributed by atoms with van der Waals surface area (Å²) in [5.74, 6) is 1.93. The third kappa shape index (κ3) is 4.83. The molecule has 5 nitrogen and oxygen atoms in total. The zero-order valence-corrected chi connectivity index (χ0v) is 18.7. The molecule has 166 valence electrons. The van der Waals surface area contributed by atoms with Gasteiger partial charge in [-0.25, -0.2) is 4.79 Å². The maximum Gasteiger partial charge on any atom is 0.328 e. The standard InChI is InChI=1S/C28H24O5/c1-18-15-21-17-24(32-3)12-13-25(21)28(27(18)20-5-4-6-23(16-20)31-2)33-22-10-7-19(8-11-22)9-14-26(29)30/h4-17H,1-3H3,(H,29,30)/b14-9+. The summed E-state index contributed by atoms with van der Waals surface area (Å²) in [6, 6.07) is 23.2. The van der Waals surface area contributed by atoms with Crippen LogP contribution in [0.15, 0.2) is 78.9 Å². The van der Waals surface area contributed by atoms with Crippen LogP contribution in [0.3, 0.4) is 0 Å². The summed E-state index contributed by atoms with van der Waals surface area (Å²) in [7, 11) is 3.30. The molecule has 0 heterocycles. The predicted molar refractivity (Wildman–Crippen MR) is 130 cm³/mol. The minimum atomic E-state index is -0.986. The van der Waals surface area contributed by atoms with Gasteiger partial charge in [-0.1, -0.05) is 30.3 Å². The van der Waals surface area contributed by atoms with Crippen molar-refractivity contribution in [1.29, 1.82) is 0 Å². The van der Waals surface area contributed by atoms with Crippen LogP contribution in [0, 0.1) is 6.92 Å². The summed E-state index contributed by atoms with van der Waals surface area (Å²) < 4.78 is 17.3. The molecule has 0 spiro atoms. The van der Waals surface area contributed by atoms with E-state index in [0.29, 0.717) is 5.75 Å². The highest BCUT2D eigenvalue weighted by molar-refractivity contribution is 5.98. The zero-order chi connectivity index (χ0) is 23.4. The Balaban J connectivity index is 1.85. The van der Waals surface area contributed by atoms with Crippen molar-refractivity contribution >= 4 is 22.8 Å². The van der Waals surface area contributed by atoms with Crippen molar-refractivity contribution in [1.82, 2.24) is 0 Å². The van der Waals surface area contributed by atoms with Gasteiger partial charge in [0.25, 0.3) is 0 Å². The number of rotatable bonds is 7. The fourth-order valence-corrected chi connectivity index (χ4v) is 3.79. The number of ether oxygens (including phenoxy) is 3. The molecule has 0 aromatic heterocycles. The molecule has 5 heteroatoms. The average Bonchev–Trinajstić information content (AvgIpc) is 2.83. The molecule has 0 fully saturated rings. The van der Waals surface area contributed by atoms with Crippen molar-refractivity contribution in [3.05, 3.63) is 90.0 Å². The first-order chi connectivity index (χ1) is 16.0. The minimum Gasteiger partial charge on any atom is -0.497 e. The van der Waals surface area contributed by atoms with Crippen LogP contribution < -0.4 is 14.2 Å². The first kappa shape index (κ1) is 22.0. The van der Waals surface area contributed by atoms with Crippen LogP contribution in [0.25, 0.3) is 28.0 Å². The largest absolute Gasteiger partial charge is 0.497 e. The Hall–Kier alpha value is -4.25. The number of carboxylic acids is 1. The van der Waals surface area contributed by atoms with Crippen LogP contribution in [-0.2, 0) is 4.79 Å². The molecule has 33 heavy (non-hydrogen) atoms. The lowest BCUT2D eigenvalue weighted by Crippen LogP contribution is -1.95. The lowest BCUT2D eigenvalue weighted by atomic mass is 9.94. The van der Waals surface area contributed by atoms with Gasteiger partial charge in [0.2, 0.25) is 0 Å². The average molecular weight is 440 g/mol. The fraction of sp³-hybridized carbons (Fsp3) is 0.107. The Bertz CT molecular complexity index is 1340. The predicted octanol–water partition coefficient (Wildman–Crippen LogP) is 6.72. The number of benzene rings is 4. The molecule has 4 aromatic rings. The van der Waals surface area contributed by atoms with E-state index >= 15 is 0 Å². The quantitative estimate of drug-likeness (QED) is 0.323. The molecule has 0 amide bonds. The van der Waals surface area contributed by atoms with Gasteiger partial charge >= 0.3 is 5.97 Å². The highest BCUT2D eigenvalue weighted by Crippen LogP contribution is 2.43. The first-order valence-corrected chi connectivity index (χ1v) is 10.4. The number of aryl methyl sites for hydroxylation is 1. The Morgan fingerprint density at radius 3 is 2.24 bits per heavy atom. The smallest absolute Gasteiger partial charge is 0.328 e. The third-order valence-corrected chi connectivity index (χ3v) is 5.37. The fourth-order valence-electron chi connectivity index (χ4n) is 3.79. The summed E-state index contributed by atoms with van der Waals surface area (Å²) in [6.45, 7) is 2.06. The Morgan fingerprint density at radius 1 is 0.848 bits per heavy atom. The summed E-state index contributed by atoms with van der Waals surface area (Å²) in [6.07, 6.45) is 2.65. The number of aliphatic carboxylic acids is 1. The lowest BCUT2D eigenvalue weighted by molar-refractivity contribution is -0.131. The highest BCUT2D eigenvalue weighted by atomic mass is 16.5. The second-order valence-corrected chi connectivity index (χ2v) is 7.56. The highest BCUT2D eigenvalue weighted by Gasteiger charge is 2.17. The molecule has 1 N–H and O–H groups in total. The van der Waals surface area contributed by atoms with Crippen LogP contribution in [0.5, 0.6) is 23.0 Å². The van der Waals surface area contributed by atoms with E-state index in [1.54, 1.807) is 20.3 Å². The van der Waals surface area contributed by atoms with Gasteiger partial charge in [-0.15, -0.1) is 0 Å². The molecular weight excluding hydrogens is 416 g/mol. The van der Waals surface area contributed by atoms with Crippen molar-refractivity contribution in [2.75, 3.05) is 14.2 Å². The van der Waals surface area contributed by atoms with E-state index in [-0.39, 0.29) is 0 Å². The van der Waals surface area contributed by atoms with Crippen molar-refractivity contribution in [3.8, 4) is 34.1 Å². The summed E-state index contributed by atoms with van der Waals surface area (Å²) in [5.41, 5.74) is 3.79. The summed E-state index contributed by atoms with van der Waals surface area (Å²) in [5, 5.41) is 10.8. The van der Waals surface area contributed by atoms with E-state index in [9.17, 15) is 4.79 Å². The van der Waals surface area contributed by atoms with Gasteiger partial charge in [0, 0.05) is 17.0 Å². The van der Waals surface area contributed by atoms with Crippen molar-refractivity contribution < 1.29 is 24.1 Å². The van der Waals surface area contributed by atoms with E-state index in [2.05, 4.69) is 13.0 Å². The molecule has 0 saturated carbocycles. The molecule has 0 bridgehead atoms. The van der Waals surface area contributed by atoms with Crippen molar-refractivity contribution in [3.63, 3.8) is 0 Å². The zero-order valence-electron chi connectivity index (χ0n) is 18.7. The van der Waals surface area contributed by atoms with Crippen LogP contribution >= 0.6 is 0 Å². The van der Waals surface area contributed by atoms with Crippen molar-refractivity contribution in [2.45, 2.75) is 6.92 Å². The van der Waals surface area contributed by atoms with E-state index in [1.165, 1.54) is 0 Å². The van der Waals surface area contributed by atoms with Gasteiger partial charge in [0.15, 0.2) is 0 Å². The Labute approximate surface area is 192 Å². The number of carbonyl (C=O) groups is 1. The van der Waals surface area contributed by atoms with Gasteiger partial charge < -0.3 is 19.3 Å². The van der Waals surface area contributed by atoms with Gasteiger partial charge in [-0.2, -0.15) is 0 Å². The number of carboxylic acid groups (broad SMARTS) is 1. The molecule has 0 aliphatic rings. The maximum absolute atomic E-state index is 10.8. The summed E-state index contributed by atoms with van der Waals surface area (Å²) >= 11 is 0. The monoisotopic (exact) mass is 440 g/mol. The van der Waals surface area contributed by atoms with E-state index in [0.717, 1.165) is 56.4 Å². The SMILES string of the molecule is COc1cccc(-c2c(C)cc3cc(OC)ccc3c2Oc2ccc(/C=C/C(=O)O)cc2)c1. The number of methoxy groups -OCH3 is 2. The van der Waals surface area contributed by atoms with E-state index in [1.807, 2.05) is 66.7 Å². The molecule has 0 radical (unpaired) electrons.